The summed E-state index contributed by atoms with van der Waals surface area (Å²) in [7, 11) is 0. The van der Waals surface area contributed by atoms with E-state index in [1.807, 2.05) is 41.7 Å². The maximum Gasteiger partial charge on any atom is 0.160 e. The van der Waals surface area contributed by atoms with Gasteiger partial charge in [-0.3, -0.25) is 0 Å². The Hall–Kier alpha value is -7.99. The van der Waals surface area contributed by atoms with E-state index < -0.39 is 0 Å². The molecule has 4 heterocycles. The zero-order valence-electron chi connectivity index (χ0n) is 33.4. The lowest BCUT2D eigenvalue weighted by molar-refractivity contribution is 0.670. The van der Waals surface area contributed by atoms with Crippen molar-refractivity contribution in [1.29, 1.82) is 0 Å². The Kier molecular flexibility index (Phi) is 8.65. The normalized spacial score (nSPS) is 11.5. The Labute approximate surface area is 362 Å². The SMILES string of the molecule is c1ccc(-c2cccc(-c3cc(-c4ccc(-c5c(-c6cccc7c6oc6ccccc67)sc6c5c(-c5ccccc5)nc5ccccc56)cc4)nc(-c4ccccc4)n3)c2)cc1. The van der Waals surface area contributed by atoms with Crippen LogP contribution in [0.4, 0.5) is 0 Å². The van der Waals surface area contributed by atoms with E-state index in [2.05, 4.69) is 182 Å². The third-order valence-electron chi connectivity index (χ3n) is 11.7. The van der Waals surface area contributed by atoms with Crippen molar-refractivity contribution >= 4 is 54.3 Å². The van der Waals surface area contributed by atoms with Crippen molar-refractivity contribution in [1.82, 2.24) is 15.0 Å². The molecule has 0 N–H and O–H groups in total. The van der Waals surface area contributed by atoms with E-state index in [0.29, 0.717) is 5.82 Å². The number of para-hydroxylation sites is 3. The quantitative estimate of drug-likeness (QED) is 0.161. The van der Waals surface area contributed by atoms with Crippen molar-refractivity contribution < 1.29 is 4.42 Å². The first-order valence-corrected chi connectivity index (χ1v) is 21.6. The summed E-state index contributed by atoms with van der Waals surface area (Å²) in [4.78, 5) is 16.9. The van der Waals surface area contributed by atoms with Crippen LogP contribution in [-0.4, -0.2) is 15.0 Å². The topological polar surface area (TPSA) is 51.8 Å². The molecule has 0 aliphatic heterocycles. The fourth-order valence-electron chi connectivity index (χ4n) is 8.74. The molecule has 62 heavy (non-hydrogen) atoms. The molecule has 0 atom stereocenters. The summed E-state index contributed by atoms with van der Waals surface area (Å²) in [5.41, 5.74) is 15.1. The van der Waals surface area contributed by atoms with Gasteiger partial charge in [0.1, 0.15) is 11.2 Å². The molecule has 5 heteroatoms. The summed E-state index contributed by atoms with van der Waals surface area (Å²) in [6.07, 6.45) is 0. The van der Waals surface area contributed by atoms with E-state index >= 15 is 0 Å². The highest BCUT2D eigenvalue weighted by Gasteiger charge is 2.25. The molecule has 290 valence electrons. The zero-order valence-corrected chi connectivity index (χ0v) is 34.2. The van der Waals surface area contributed by atoms with E-state index in [9.17, 15) is 0 Å². The Balaban J connectivity index is 1.07. The fraction of sp³-hybridized carbons (Fsp3) is 0. The van der Waals surface area contributed by atoms with Gasteiger partial charge in [0.25, 0.3) is 0 Å². The predicted octanol–water partition coefficient (Wildman–Crippen LogP) is 15.8. The number of hydrogen-bond donors (Lipinski definition) is 0. The smallest absolute Gasteiger partial charge is 0.160 e. The molecule has 0 aliphatic carbocycles. The molecule has 0 bridgehead atoms. The van der Waals surface area contributed by atoms with Gasteiger partial charge >= 0.3 is 0 Å². The highest BCUT2D eigenvalue weighted by Crippen LogP contribution is 2.52. The number of thiophene rings is 1. The van der Waals surface area contributed by atoms with Crippen LogP contribution in [0.5, 0.6) is 0 Å². The van der Waals surface area contributed by atoms with Crippen molar-refractivity contribution in [2.24, 2.45) is 0 Å². The molecule has 4 nitrogen and oxygen atoms in total. The Morgan fingerprint density at radius 1 is 0.387 bits per heavy atom. The molecular weight excluding hydrogens is 775 g/mol. The number of rotatable bonds is 7. The van der Waals surface area contributed by atoms with Crippen molar-refractivity contribution in [3.8, 4) is 77.9 Å². The highest BCUT2D eigenvalue weighted by molar-refractivity contribution is 7.24. The third kappa shape index (κ3) is 6.18. The summed E-state index contributed by atoms with van der Waals surface area (Å²) in [5, 5.41) is 4.47. The first-order chi connectivity index (χ1) is 30.7. The van der Waals surface area contributed by atoms with Crippen LogP contribution in [0.3, 0.4) is 0 Å². The largest absolute Gasteiger partial charge is 0.455 e. The van der Waals surface area contributed by atoms with Gasteiger partial charge in [0.15, 0.2) is 5.82 Å². The highest BCUT2D eigenvalue weighted by atomic mass is 32.1. The molecule has 12 rings (SSSR count). The number of furan rings is 1. The number of hydrogen-bond acceptors (Lipinski definition) is 5. The standard InChI is InChI=1S/C57H35N3OS/c1-4-16-36(17-5-1)41-22-14-23-42(34-41)49-35-48(59-57(60-49)40-20-8-3-9-21-40)37-30-32-38(33-31-37)51-52-53(39-18-6-2-7-19-39)58-47-28-12-10-25-45(47)55(52)62-56(51)46-27-15-26-44-43-24-11-13-29-50(43)61-54(44)46/h1-35H. The molecule has 0 unspecified atom stereocenters. The van der Waals surface area contributed by atoms with Gasteiger partial charge in [-0.25, -0.2) is 15.0 Å². The number of benzene rings is 8. The second kappa shape index (κ2) is 14.9. The van der Waals surface area contributed by atoms with Crippen LogP contribution in [0.1, 0.15) is 0 Å². The maximum absolute atomic E-state index is 6.71. The maximum atomic E-state index is 6.71. The van der Waals surface area contributed by atoms with Crippen LogP contribution in [0, 0.1) is 0 Å². The molecule has 0 radical (unpaired) electrons. The van der Waals surface area contributed by atoms with Gasteiger partial charge < -0.3 is 4.42 Å². The molecule has 0 saturated heterocycles. The van der Waals surface area contributed by atoms with Gasteiger partial charge in [-0.05, 0) is 47.0 Å². The first kappa shape index (κ1) is 35.9. The predicted molar refractivity (Wildman–Crippen MR) is 258 cm³/mol. The van der Waals surface area contributed by atoms with Crippen molar-refractivity contribution in [3.63, 3.8) is 0 Å². The summed E-state index contributed by atoms with van der Waals surface area (Å²) < 4.78 is 7.91. The minimum Gasteiger partial charge on any atom is -0.455 e. The van der Waals surface area contributed by atoms with Crippen LogP contribution in [0.15, 0.2) is 217 Å². The second-order valence-corrected chi connectivity index (χ2v) is 16.5. The Bertz CT molecular complexity index is 3610. The van der Waals surface area contributed by atoms with E-state index in [1.165, 1.54) is 4.70 Å². The number of pyridine rings is 1. The average Bonchev–Trinajstić information content (AvgIpc) is 3.95. The van der Waals surface area contributed by atoms with Gasteiger partial charge in [-0.2, -0.15) is 0 Å². The van der Waals surface area contributed by atoms with Gasteiger partial charge in [0, 0.05) is 64.5 Å². The van der Waals surface area contributed by atoms with E-state index in [1.54, 1.807) is 0 Å². The van der Waals surface area contributed by atoms with Crippen molar-refractivity contribution in [2.45, 2.75) is 0 Å². The van der Waals surface area contributed by atoms with Crippen LogP contribution in [0.25, 0.3) is 121 Å². The van der Waals surface area contributed by atoms with E-state index in [-0.39, 0.29) is 0 Å². The summed E-state index contributed by atoms with van der Waals surface area (Å²) >= 11 is 1.81. The van der Waals surface area contributed by atoms with E-state index in [0.717, 1.165) is 110 Å². The van der Waals surface area contributed by atoms with Crippen LogP contribution < -0.4 is 0 Å². The molecular formula is C57H35N3OS. The molecule has 0 aliphatic rings. The molecule has 0 spiro atoms. The summed E-state index contributed by atoms with van der Waals surface area (Å²) in [5.74, 6) is 0.683. The monoisotopic (exact) mass is 809 g/mol. The lowest BCUT2D eigenvalue weighted by Gasteiger charge is -2.13. The minimum atomic E-state index is 0.683. The number of aromatic nitrogens is 3. The lowest BCUT2D eigenvalue weighted by Crippen LogP contribution is -1.96. The van der Waals surface area contributed by atoms with Gasteiger partial charge in [0.2, 0.25) is 0 Å². The molecule has 0 saturated carbocycles. The average molecular weight is 810 g/mol. The van der Waals surface area contributed by atoms with Gasteiger partial charge in [0.05, 0.1) is 22.6 Å². The van der Waals surface area contributed by atoms with Crippen molar-refractivity contribution in [2.75, 3.05) is 0 Å². The number of nitrogens with zero attached hydrogens (tertiary/aromatic N) is 3. The van der Waals surface area contributed by atoms with Gasteiger partial charge in [-0.15, -0.1) is 11.3 Å². The fourth-order valence-corrected chi connectivity index (χ4v) is 10.1. The molecule has 12 aromatic rings. The Morgan fingerprint density at radius 3 is 1.74 bits per heavy atom. The van der Waals surface area contributed by atoms with Crippen LogP contribution in [0.2, 0.25) is 0 Å². The number of fused-ring (bicyclic) bond motifs is 6. The second-order valence-electron chi connectivity index (χ2n) is 15.5. The molecule has 4 aromatic heterocycles. The summed E-state index contributed by atoms with van der Waals surface area (Å²) in [6, 6.07) is 74.2. The van der Waals surface area contributed by atoms with E-state index in [4.69, 9.17) is 19.4 Å². The third-order valence-corrected chi connectivity index (χ3v) is 13.0. The van der Waals surface area contributed by atoms with Crippen LogP contribution >= 0.6 is 11.3 Å². The van der Waals surface area contributed by atoms with Crippen LogP contribution in [-0.2, 0) is 0 Å². The molecule has 0 amide bonds. The van der Waals surface area contributed by atoms with Crippen molar-refractivity contribution in [3.05, 3.63) is 212 Å². The first-order valence-electron chi connectivity index (χ1n) is 20.8. The molecule has 8 aromatic carbocycles. The zero-order chi connectivity index (χ0) is 41.0. The summed E-state index contributed by atoms with van der Waals surface area (Å²) in [6.45, 7) is 0. The minimum absolute atomic E-state index is 0.683. The molecule has 0 fully saturated rings. The lowest BCUT2D eigenvalue weighted by atomic mass is 9.93. The van der Waals surface area contributed by atoms with Gasteiger partial charge in [-0.1, -0.05) is 182 Å². The Morgan fingerprint density at radius 2 is 0.968 bits per heavy atom.